The summed E-state index contributed by atoms with van der Waals surface area (Å²) < 4.78 is 0. The average Bonchev–Trinajstić information content (AvgIpc) is 3.17. The first-order chi connectivity index (χ1) is 23.7. The van der Waals surface area contributed by atoms with Gasteiger partial charge >= 0.3 is 0 Å². The molecule has 0 spiro atoms. The van der Waals surface area contributed by atoms with E-state index >= 15 is 0 Å². The van der Waals surface area contributed by atoms with E-state index in [4.69, 9.17) is 0 Å². The van der Waals surface area contributed by atoms with Crippen LogP contribution in [-0.2, 0) is 0 Å². The van der Waals surface area contributed by atoms with E-state index in [1.165, 1.54) is 98.0 Å². The fourth-order valence-corrected chi connectivity index (χ4v) is 7.65. The van der Waals surface area contributed by atoms with Gasteiger partial charge in [-0.1, -0.05) is 158 Å². The summed E-state index contributed by atoms with van der Waals surface area (Å²) in [5.41, 5.74) is 7.43. The van der Waals surface area contributed by atoms with Gasteiger partial charge in [0.25, 0.3) is 0 Å². The summed E-state index contributed by atoms with van der Waals surface area (Å²) in [6.45, 7) is 0. The van der Waals surface area contributed by atoms with Crippen molar-refractivity contribution in [3.05, 3.63) is 182 Å². The molecule has 10 aromatic carbocycles. The van der Waals surface area contributed by atoms with Crippen molar-refractivity contribution in [1.82, 2.24) is 0 Å². The Balaban J connectivity index is 0.980. The minimum absolute atomic E-state index is 1.23. The molecule has 0 aliphatic carbocycles. The molecule has 0 aromatic heterocycles. The zero-order valence-electron chi connectivity index (χ0n) is 26.3. The summed E-state index contributed by atoms with van der Waals surface area (Å²) in [7, 11) is 0. The van der Waals surface area contributed by atoms with Crippen LogP contribution in [-0.4, -0.2) is 0 Å². The van der Waals surface area contributed by atoms with E-state index in [1.807, 2.05) is 0 Å². The van der Waals surface area contributed by atoms with Gasteiger partial charge in [-0.2, -0.15) is 0 Å². The molecular weight excluding hydrogens is 577 g/mol. The lowest BCUT2D eigenvalue weighted by Crippen LogP contribution is -1.85. The third-order valence-electron chi connectivity index (χ3n) is 10.2. The minimum atomic E-state index is 1.23. The third kappa shape index (κ3) is 4.38. The molecule has 0 atom stereocenters. The number of hydrogen-bond acceptors (Lipinski definition) is 0. The largest absolute Gasteiger partial charge is 0.0616 e. The molecule has 0 saturated heterocycles. The SMILES string of the molecule is c1ccc2c(c1)ccc1ccc(-c3ccc(-c4ccc5c(ccc6cc(-c7ccc8ccc9ccccc9c8c7)ccc65)c4)cc3)cc12. The van der Waals surface area contributed by atoms with Gasteiger partial charge < -0.3 is 0 Å². The van der Waals surface area contributed by atoms with Crippen molar-refractivity contribution in [1.29, 1.82) is 0 Å². The van der Waals surface area contributed by atoms with Crippen LogP contribution in [0.15, 0.2) is 182 Å². The van der Waals surface area contributed by atoms with Gasteiger partial charge in [-0.15, -0.1) is 0 Å². The van der Waals surface area contributed by atoms with E-state index in [2.05, 4.69) is 182 Å². The molecule has 10 rings (SSSR count). The lowest BCUT2D eigenvalue weighted by atomic mass is 9.93. The molecule has 0 aliphatic heterocycles. The summed E-state index contributed by atoms with van der Waals surface area (Å²) in [5, 5.41) is 15.4. The highest BCUT2D eigenvalue weighted by Crippen LogP contribution is 2.36. The number of fused-ring (bicyclic) bond motifs is 9. The molecular formula is C48H30. The van der Waals surface area contributed by atoms with Crippen LogP contribution >= 0.6 is 0 Å². The second-order valence-electron chi connectivity index (χ2n) is 13.0. The second-order valence-corrected chi connectivity index (χ2v) is 13.0. The van der Waals surface area contributed by atoms with Crippen LogP contribution in [0.2, 0.25) is 0 Å². The normalized spacial score (nSPS) is 11.8. The van der Waals surface area contributed by atoms with Crippen LogP contribution in [0.5, 0.6) is 0 Å². The Hall–Kier alpha value is -6.24. The first kappa shape index (κ1) is 26.9. The molecule has 0 saturated carbocycles. The van der Waals surface area contributed by atoms with Gasteiger partial charge in [0.05, 0.1) is 0 Å². The van der Waals surface area contributed by atoms with Crippen LogP contribution in [0.1, 0.15) is 0 Å². The summed E-state index contributed by atoms with van der Waals surface area (Å²) in [4.78, 5) is 0. The summed E-state index contributed by atoms with van der Waals surface area (Å²) >= 11 is 0. The predicted octanol–water partition coefficient (Wildman–Crippen LogP) is 13.6. The standard InChI is InChI=1S/C48H30/c1-3-7-43-33(5-1)13-15-35-17-19-39(29-47(35)43)32-11-9-31(10-12-32)37-23-25-45-41(27-37)21-22-42-28-38(24-26-46(42)45)40-20-18-36-16-14-34-6-2-4-8-44(34)48(36)30-40/h1-30H. The molecule has 10 aromatic rings. The van der Waals surface area contributed by atoms with Crippen LogP contribution in [0.3, 0.4) is 0 Å². The molecule has 0 unspecified atom stereocenters. The Kier molecular flexibility index (Phi) is 5.98. The van der Waals surface area contributed by atoms with Crippen LogP contribution in [0, 0.1) is 0 Å². The highest BCUT2D eigenvalue weighted by Gasteiger charge is 2.09. The van der Waals surface area contributed by atoms with Crippen molar-refractivity contribution in [2.75, 3.05) is 0 Å². The maximum atomic E-state index is 2.35. The van der Waals surface area contributed by atoms with E-state index in [1.54, 1.807) is 0 Å². The Morgan fingerprint density at radius 2 is 0.458 bits per heavy atom. The molecule has 0 aliphatic rings. The van der Waals surface area contributed by atoms with Gasteiger partial charge in [0.15, 0.2) is 0 Å². The Labute approximate surface area is 279 Å². The zero-order chi connectivity index (χ0) is 31.6. The van der Waals surface area contributed by atoms with Gasteiger partial charge in [0.2, 0.25) is 0 Å². The van der Waals surface area contributed by atoms with E-state index in [0.717, 1.165) is 0 Å². The number of rotatable bonds is 3. The first-order valence-corrected chi connectivity index (χ1v) is 16.7. The Morgan fingerprint density at radius 3 is 0.958 bits per heavy atom. The maximum absolute atomic E-state index is 2.35. The fraction of sp³-hybridized carbons (Fsp3) is 0. The van der Waals surface area contributed by atoms with Crippen LogP contribution in [0.25, 0.3) is 98.0 Å². The summed E-state index contributed by atoms with van der Waals surface area (Å²) in [5.74, 6) is 0. The first-order valence-electron chi connectivity index (χ1n) is 16.7. The molecule has 0 N–H and O–H groups in total. The summed E-state index contributed by atoms with van der Waals surface area (Å²) in [6, 6.07) is 67.2. The van der Waals surface area contributed by atoms with E-state index in [9.17, 15) is 0 Å². The van der Waals surface area contributed by atoms with Gasteiger partial charge in [-0.3, -0.25) is 0 Å². The van der Waals surface area contributed by atoms with E-state index in [-0.39, 0.29) is 0 Å². The van der Waals surface area contributed by atoms with Crippen molar-refractivity contribution in [2.45, 2.75) is 0 Å². The lowest BCUT2D eigenvalue weighted by molar-refractivity contribution is 1.62. The molecule has 0 heteroatoms. The number of hydrogen-bond donors (Lipinski definition) is 0. The van der Waals surface area contributed by atoms with Crippen molar-refractivity contribution in [2.24, 2.45) is 0 Å². The second kappa shape index (κ2) is 10.7. The molecule has 0 amide bonds. The van der Waals surface area contributed by atoms with E-state index < -0.39 is 0 Å². The molecule has 0 heterocycles. The van der Waals surface area contributed by atoms with Gasteiger partial charge in [-0.25, -0.2) is 0 Å². The van der Waals surface area contributed by atoms with Gasteiger partial charge in [0.1, 0.15) is 0 Å². The molecule has 0 fully saturated rings. The van der Waals surface area contributed by atoms with Gasteiger partial charge in [-0.05, 0) is 122 Å². The number of benzene rings is 10. The Bertz CT molecular complexity index is 2870. The van der Waals surface area contributed by atoms with Crippen molar-refractivity contribution in [3.8, 4) is 33.4 Å². The van der Waals surface area contributed by atoms with Crippen LogP contribution in [0.4, 0.5) is 0 Å². The van der Waals surface area contributed by atoms with Crippen molar-refractivity contribution < 1.29 is 0 Å². The maximum Gasteiger partial charge on any atom is -0.00992 e. The van der Waals surface area contributed by atoms with Crippen LogP contribution < -0.4 is 0 Å². The third-order valence-corrected chi connectivity index (χ3v) is 10.2. The molecule has 0 bridgehead atoms. The fourth-order valence-electron chi connectivity index (χ4n) is 7.65. The quantitative estimate of drug-likeness (QED) is 0.176. The zero-order valence-corrected chi connectivity index (χ0v) is 26.3. The summed E-state index contributed by atoms with van der Waals surface area (Å²) in [6.07, 6.45) is 0. The predicted molar refractivity (Wildman–Crippen MR) is 208 cm³/mol. The topological polar surface area (TPSA) is 0 Å². The highest BCUT2D eigenvalue weighted by molar-refractivity contribution is 6.12. The molecule has 0 radical (unpaired) electrons. The molecule has 0 nitrogen and oxygen atoms in total. The van der Waals surface area contributed by atoms with Gasteiger partial charge in [0, 0.05) is 0 Å². The monoisotopic (exact) mass is 606 g/mol. The Morgan fingerprint density at radius 1 is 0.167 bits per heavy atom. The smallest absolute Gasteiger partial charge is 0.00992 e. The van der Waals surface area contributed by atoms with Crippen molar-refractivity contribution >= 4 is 64.6 Å². The average molecular weight is 607 g/mol. The molecule has 222 valence electrons. The van der Waals surface area contributed by atoms with Crippen molar-refractivity contribution in [3.63, 3.8) is 0 Å². The lowest BCUT2D eigenvalue weighted by Gasteiger charge is -2.11. The minimum Gasteiger partial charge on any atom is -0.0616 e. The van der Waals surface area contributed by atoms with E-state index in [0.29, 0.717) is 0 Å². The molecule has 48 heavy (non-hydrogen) atoms. The highest BCUT2D eigenvalue weighted by atomic mass is 14.1.